The van der Waals surface area contributed by atoms with E-state index >= 15 is 0 Å². The van der Waals surface area contributed by atoms with Gasteiger partial charge in [-0.2, -0.15) is 0 Å². The molecule has 0 bridgehead atoms. The van der Waals surface area contributed by atoms with Crippen molar-refractivity contribution in [3.63, 3.8) is 0 Å². The van der Waals surface area contributed by atoms with E-state index in [1.54, 1.807) is 0 Å². The summed E-state index contributed by atoms with van der Waals surface area (Å²) in [4.78, 5) is 0. The summed E-state index contributed by atoms with van der Waals surface area (Å²) in [7, 11) is -0.843. The average molecular weight is 267 g/mol. The number of hydrogen-bond donors (Lipinski definition) is 1. The molecule has 0 aliphatic rings. The minimum Gasteiger partial charge on any atom is -0.323 e. The smallest absolute Gasteiger partial charge is 0.0563 e. The van der Waals surface area contributed by atoms with Gasteiger partial charge in [0.1, 0.15) is 0 Å². The van der Waals surface area contributed by atoms with Crippen LogP contribution in [0.5, 0.6) is 0 Å². The fourth-order valence-corrected chi connectivity index (χ4v) is 4.11. The van der Waals surface area contributed by atoms with E-state index in [4.69, 9.17) is 5.73 Å². The van der Waals surface area contributed by atoms with Gasteiger partial charge in [-0.1, -0.05) is 57.5 Å². The zero-order valence-electron chi connectivity index (χ0n) is 11.6. The van der Waals surface area contributed by atoms with Gasteiger partial charge in [0.25, 0.3) is 0 Å². The fraction of sp³-hybridized carbons (Fsp3) is 0.600. The maximum Gasteiger partial charge on any atom is 0.0563 e. The lowest BCUT2D eigenvalue weighted by Crippen LogP contribution is -2.35. The highest BCUT2D eigenvalue weighted by molar-refractivity contribution is 7.85. The molecule has 0 aliphatic heterocycles. The molecule has 0 amide bonds. The van der Waals surface area contributed by atoms with E-state index in [-0.39, 0.29) is 11.3 Å². The third-order valence-corrected chi connectivity index (χ3v) is 5.33. The molecule has 2 N–H and O–H groups in total. The van der Waals surface area contributed by atoms with Crippen LogP contribution in [0.25, 0.3) is 0 Å². The van der Waals surface area contributed by atoms with Crippen LogP contribution in [-0.4, -0.2) is 15.2 Å². The van der Waals surface area contributed by atoms with Crippen molar-refractivity contribution in [3.05, 3.63) is 35.9 Å². The first-order valence-electron chi connectivity index (χ1n) is 6.75. The molecule has 1 aromatic carbocycles. The van der Waals surface area contributed by atoms with Crippen LogP contribution in [0.2, 0.25) is 0 Å². The molecule has 0 heterocycles. The second-order valence-electron chi connectivity index (χ2n) is 5.08. The van der Waals surface area contributed by atoms with Crippen LogP contribution in [0.4, 0.5) is 0 Å². The Bertz CT molecular complexity index is 364. The zero-order valence-corrected chi connectivity index (χ0v) is 12.5. The summed E-state index contributed by atoms with van der Waals surface area (Å²) >= 11 is 0. The van der Waals surface area contributed by atoms with E-state index in [1.165, 1.54) is 0 Å². The lowest BCUT2D eigenvalue weighted by molar-refractivity contribution is 0.509. The Balaban J connectivity index is 2.82. The van der Waals surface area contributed by atoms with Crippen LogP contribution in [0.3, 0.4) is 0 Å². The molecule has 0 radical (unpaired) electrons. The number of rotatable bonds is 7. The summed E-state index contributed by atoms with van der Waals surface area (Å²) in [6.45, 7) is 6.34. The number of nitrogens with two attached hydrogens (primary N) is 1. The topological polar surface area (TPSA) is 43.1 Å². The van der Waals surface area contributed by atoms with Crippen molar-refractivity contribution >= 4 is 10.8 Å². The molecular formula is C15H25NOS. The Hall–Kier alpha value is -0.670. The van der Waals surface area contributed by atoms with Crippen LogP contribution in [-0.2, 0) is 10.8 Å². The molecule has 2 nitrogen and oxygen atoms in total. The molecule has 3 unspecified atom stereocenters. The number of unbranched alkanes of at least 4 members (excludes halogenated alkanes) is 1. The van der Waals surface area contributed by atoms with Gasteiger partial charge >= 0.3 is 0 Å². The summed E-state index contributed by atoms with van der Waals surface area (Å²) in [5, 5.41) is 0.0407. The lowest BCUT2D eigenvalue weighted by Gasteiger charge is -2.27. The third kappa shape index (κ3) is 4.21. The molecule has 3 heteroatoms. The van der Waals surface area contributed by atoms with Crippen molar-refractivity contribution in [2.75, 3.05) is 5.75 Å². The Kier molecular flexibility index (Phi) is 6.58. The maximum atomic E-state index is 12.4. The summed E-state index contributed by atoms with van der Waals surface area (Å²) in [5.41, 5.74) is 7.40. The molecular weight excluding hydrogens is 242 g/mol. The molecule has 0 saturated carbocycles. The van der Waals surface area contributed by atoms with Crippen molar-refractivity contribution in [2.24, 2.45) is 11.7 Å². The van der Waals surface area contributed by atoms with Gasteiger partial charge in [0, 0.05) is 22.6 Å². The molecule has 1 aromatic rings. The first-order chi connectivity index (χ1) is 8.57. The number of benzene rings is 1. The van der Waals surface area contributed by atoms with Crippen LogP contribution in [0.15, 0.2) is 30.3 Å². The van der Waals surface area contributed by atoms with E-state index in [9.17, 15) is 4.21 Å². The first-order valence-corrected chi connectivity index (χ1v) is 8.13. The van der Waals surface area contributed by atoms with Crippen molar-refractivity contribution in [1.82, 2.24) is 0 Å². The Morgan fingerprint density at radius 1 is 1.22 bits per heavy atom. The van der Waals surface area contributed by atoms with Crippen molar-refractivity contribution in [3.8, 4) is 0 Å². The van der Waals surface area contributed by atoms with Gasteiger partial charge in [-0.15, -0.1) is 0 Å². The van der Waals surface area contributed by atoms with E-state index in [1.807, 2.05) is 30.3 Å². The normalized spacial score (nSPS) is 16.5. The average Bonchev–Trinajstić information content (AvgIpc) is 2.37. The van der Waals surface area contributed by atoms with Crippen LogP contribution >= 0.6 is 0 Å². The summed E-state index contributed by atoms with van der Waals surface area (Å²) in [5.74, 6) is 1.10. The van der Waals surface area contributed by atoms with Gasteiger partial charge in [-0.25, -0.2) is 0 Å². The molecule has 0 fully saturated rings. The first kappa shape index (κ1) is 15.4. The Morgan fingerprint density at radius 2 is 1.83 bits per heavy atom. The number of hydrogen-bond acceptors (Lipinski definition) is 2. The predicted octanol–water partition coefficient (Wildman–Crippen LogP) is 3.26. The summed E-state index contributed by atoms with van der Waals surface area (Å²) in [6, 6.07) is 9.87. The van der Waals surface area contributed by atoms with Gasteiger partial charge < -0.3 is 5.73 Å². The van der Waals surface area contributed by atoms with Crippen molar-refractivity contribution in [2.45, 2.75) is 44.9 Å². The SMILES string of the molecule is CCCCS(=O)C(C(C)C)C(N)c1ccccc1. The minimum atomic E-state index is -0.843. The monoisotopic (exact) mass is 267 g/mol. The van der Waals surface area contributed by atoms with Crippen molar-refractivity contribution in [1.29, 1.82) is 0 Å². The van der Waals surface area contributed by atoms with E-state index < -0.39 is 10.8 Å². The van der Waals surface area contributed by atoms with E-state index in [0.717, 1.165) is 24.2 Å². The molecule has 0 spiro atoms. The molecule has 0 saturated heterocycles. The Labute approximate surface area is 113 Å². The molecule has 3 atom stereocenters. The summed E-state index contributed by atoms with van der Waals surface area (Å²) in [6.07, 6.45) is 2.09. The summed E-state index contributed by atoms with van der Waals surface area (Å²) < 4.78 is 12.4. The van der Waals surface area contributed by atoms with Gasteiger partial charge in [0.05, 0.1) is 5.25 Å². The minimum absolute atomic E-state index is 0.0407. The maximum absolute atomic E-state index is 12.4. The fourth-order valence-electron chi connectivity index (χ4n) is 2.17. The van der Waals surface area contributed by atoms with Gasteiger partial charge in [0.2, 0.25) is 0 Å². The van der Waals surface area contributed by atoms with Gasteiger partial charge in [0.15, 0.2) is 0 Å². The highest BCUT2D eigenvalue weighted by atomic mass is 32.2. The van der Waals surface area contributed by atoms with Crippen LogP contribution < -0.4 is 5.73 Å². The van der Waals surface area contributed by atoms with Crippen LogP contribution in [0, 0.1) is 5.92 Å². The zero-order chi connectivity index (χ0) is 13.5. The van der Waals surface area contributed by atoms with Crippen molar-refractivity contribution < 1.29 is 4.21 Å². The molecule has 18 heavy (non-hydrogen) atoms. The van der Waals surface area contributed by atoms with Gasteiger partial charge in [-0.3, -0.25) is 4.21 Å². The van der Waals surface area contributed by atoms with E-state index in [2.05, 4.69) is 20.8 Å². The second-order valence-corrected chi connectivity index (χ2v) is 6.80. The quantitative estimate of drug-likeness (QED) is 0.824. The molecule has 1 rings (SSSR count). The standard InChI is InChI=1S/C15H25NOS/c1-4-5-11-18(17)15(12(2)3)14(16)13-9-7-6-8-10-13/h6-10,12,14-15H,4-5,11,16H2,1-3H3. The molecule has 0 aliphatic carbocycles. The van der Waals surface area contributed by atoms with Crippen LogP contribution in [0.1, 0.15) is 45.2 Å². The Morgan fingerprint density at radius 3 is 2.33 bits per heavy atom. The predicted molar refractivity (Wildman–Crippen MR) is 79.9 cm³/mol. The third-order valence-electron chi connectivity index (χ3n) is 3.20. The van der Waals surface area contributed by atoms with Gasteiger partial charge in [-0.05, 0) is 17.9 Å². The lowest BCUT2D eigenvalue weighted by atomic mass is 9.97. The largest absolute Gasteiger partial charge is 0.323 e. The highest BCUT2D eigenvalue weighted by Gasteiger charge is 2.27. The van der Waals surface area contributed by atoms with E-state index in [0.29, 0.717) is 5.92 Å². The highest BCUT2D eigenvalue weighted by Crippen LogP contribution is 2.24. The molecule has 102 valence electrons. The molecule has 0 aromatic heterocycles. The second kappa shape index (κ2) is 7.70.